The molecule has 4 heteroatoms. The smallest absolute Gasteiger partial charge is 0.238 e. The lowest BCUT2D eigenvalue weighted by molar-refractivity contribution is -0.115. The van der Waals surface area contributed by atoms with Gasteiger partial charge in [-0.1, -0.05) is 38.4 Å². The van der Waals surface area contributed by atoms with Crippen LogP contribution in [0.5, 0.6) is 0 Å². The second-order valence-corrected chi connectivity index (χ2v) is 5.23. The summed E-state index contributed by atoms with van der Waals surface area (Å²) in [5.74, 6) is -0.349. The van der Waals surface area contributed by atoms with E-state index in [2.05, 4.69) is 26.1 Å². The van der Waals surface area contributed by atoms with E-state index in [4.69, 9.17) is 16.9 Å². The molecule has 0 fully saturated rings. The van der Waals surface area contributed by atoms with Crippen LogP contribution in [0.2, 0.25) is 5.02 Å². The number of rotatable bonds is 2. The van der Waals surface area contributed by atoms with Gasteiger partial charge >= 0.3 is 0 Å². The van der Waals surface area contributed by atoms with Gasteiger partial charge in [0.05, 0.1) is 16.8 Å². The Balaban J connectivity index is 2.92. The van der Waals surface area contributed by atoms with Crippen LogP contribution in [0.1, 0.15) is 32.8 Å². The number of halogens is 1. The molecule has 1 rings (SSSR count). The summed E-state index contributed by atoms with van der Waals surface area (Å²) in [5.41, 5.74) is 1.65. The molecule has 0 aromatic heterocycles. The van der Waals surface area contributed by atoms with Crippen LogP contribution in [-0.4, -0.2) is 5.91 Å². The molecule has 0 radical (unpaired) electrons. The monoisotopic (exact) mass is 250 g/mol. The minimum Gasteiger partial charge on any atom is -0.324 e. The Kier molecular flexibility index (Phi) is 4.14. The first-order valence-electron chi connectivity index (χ1n) is 5.31. The highest BCUT2D eigenvalue weighted by atomic mass is 35.5. The van der Waals surface area contributed by atoms with E-state index >= 15 is 0 Å². The maximum Gasteiger partial charge on any atom is 0.238 e. The van der Waals surface area contributed by atoms with Gasteiger partial charge < -0.3 is 5.32 Å². The molecule has 0 bridgehead atoms. The average Bonchev–Trinajstić information content (AvgIpc) is 2.20. The van der Waals surface area contributed by atoms with Crippen LogP contribution in [0.3, 0.4) is 0 Å². The van der Waals surface area contributed by atoms with Gasteiger partial charge in [-0.3, -0.25) is 4.79 Å². The van der Waals surface area contributed by atoms with Gasteiger partial charge in [0.15, 0.2) is 0 Å². The lowest BCUT2D eigenvalue weighted by atomic mass is 9.87. The first kappa shape index (κ1) is 13.5. The summed E-state index contributed by atoms with van der Waals surface area (Å²) in [6.07, 6.45) is -0.169. The van der Waals surface area contributed by atoms with Crippen molar-refractivity contribution in [1.82, 2.24) is 0 Å². The molecule has 0 saturated heterocycles. The number of carbonyl (C=O) groups excluding carboxylic acids is 1. The van der Waals surface area contributed by atoms with Crippen LogP contribution in [0, 0.1) is 11.3 Å². The standard InChI is InChI=1S/C13H15ClN2O/c1-13(2,3)9-4-5-11(10(14)8-9)16-12(17)6-7-15/h4-5,8H,6H2,1-3H3,(H,16,17). The average molecular weight is 251 g/mol. The van der Waals surface area contributed by atoms with E-state index in [1.807, 2.05) is 12.1 Å². The number of anilines is 1. The second-order valence-electron chi connectivity index (χ2n) is 4.83. The number of benzene rings is 1. The third-order valence-corrected chi connectivity index (χ3v) is 2.66. The lowest BCUT2D eigenvalue weighted by Crippen LogP contribution is -2.13. The molecule has 0 unspecified atom stereocenters. The number of amides is 1. The minimum atomic E-state index is -0.349. The fourth-order valence-electron chi connectivity index (χ4n) is 1.35. The zero-order valence-corrected chi connectivity index (χ0v) is 10.9. The number of nitrogens with zero attached hydrogens (tertiary/aromatic N) is 1. The fourth-order valence-corrected chi connectivity index (χ4v) is 1.58. The summed E-state index contributed by atoms with van der Waals surface area (Å²) < 4.78 is 0. The van der Waals surface area contributed by atoms with Crippen molar-refractivity contribution in [2.45, 2.75) is 32.6 Å². The van der Waals surface area contributed by atoms with Gasteiger partial charge in [-0.05, 0) is 23.1 Å². The first-order chi connectivity index (χ1) is 7.84. The molecule has 1 N–H and O–H groups in total. The van der Waals surface area contributed by atoms with E-state index in [0.717, 1.165) is 5.56 Å². The Hall–Kier alpha value is -1.53. The van der Waals surface area contributed by atoms with Gasteiger partial charge in [-0.25, -0.2) is 0 Å². The molecular weight excluding hydrogens is 236 g/mol. The molecule has 0 heterocycles. The molecule has 0 saturated carbocycles. The number of carbonyl (C=O) groups is 1. The molecule has 1 aromatic carbocycles. The number of hydrogen-bond acceptors (Lipinski definition) is 2. The molecule has 1 amide bonds. The Morgan fingerprint density at radius 3 is 2.59 bits per heavy atom. The van der Waals surface area contributed by atoms with E-state index in [1.165, 1.54) is 0 Å². The summed E-state index contributed by atoms with van der Waals surface area (Å²) >= 11 is 6.08. The van der Waals surface area contributed by atoms with Crippen molar-refractivity contribution < 1.29 is 4.79 Å². The second kappa shape index (κ2) is 5.20. The quantitative estimate of drug-likeness (QED) is 0.874. The van der Waals surface area contributed by atoms with Gasteiger partial charge in [-0.2, -0.15) is 5.26 Å². The molecular formula is C13H15ClN2O. The van der Waals surface area contributed by atoms with Crippen LogP contribution < -0.4 is 5.32 Å². The van der Waals surface area contributed by atoms with E-state index in [-0.39, 0.29) is 17.7 Å². The summed E-state index contributed by atoms with van der Waals surface area (Å²) in [7, 11) is 0. The maximum atomic E-state index is 11.3. The van der Waals surface area contributed by atoms with Crippen molar-refractivity contribution in [3.63, 3.8) is 0 Å². The molecule has 17 heavy (non-hydrogen) atoms. The largest absolute Gasteiger partial charge is 0.324 e. The van der Waals surface area contributed by atoms with Crippen molar-refractivity contribution in [1.29, 1.82) is 5.26 Å². The van der Waals surface area contributed by atoms with E-state index in [0.29, 0.717) is 10.7 Å². The van der Waals surface area contributed by atoms with Crippen LogP contribution in [0.15, 0.2) is 18.2 Å². The molecule has 0 aliphatic carbocycles. The highest BCUT2D eigenvalue weighted by molar-refractivity contribution is 6.33. The molecule has 0 spiro atoms. The van der Waals surface area contributed by atoms with Crippen LogP contribution in [0.25, 0.3) is 0 Å². The highest BCUT2D eigenvalue weighted by Gasteiger charge is 2.15. The molecule has 1 aromatic rings. The summed E-state index contributed by atoms with van der Waals surface area (Å²) in [6, 6.07) is 7.31. The normalized spacial score (nSPS) is 10.8. The van der Waals surface area contributed by atoms with Gasteiger partial charge in [0.1, 0.15) is 6.42 Å². The summed E-state index contributed by atoms with van der Waals surface area (Å²) in [4.78, 5) is 11.3. The van der Waals surface area contributed by atoms with Gasteiger partial charge in [-0.15, -0.1) is 0 Å². The molecule has 0 atom stereocenters. The topological polar surface area (TPSA) is 52.9 Å². The van der Waals surface area contributed by atoms with Crippen molar-refractivity contribution in [3.8, 4) is 6.07 Å². The van der Waals surface area contributed by atoms with Crippen LogP contribution in [0.4, 0.5) is 5.69 Å². The zero-order valence-electron chi connectivity index (χ0n) is 10.2. The molecule has 3 nitrogen and oxygen atoms in total. The SMILES string of the molecule is CC(C)(C)c1ccc(NC(=O)CC#N)c(Cl)c1. The maximum absolute atomic E-state index is 11.3. The summed E-state index contributed by atoms with van der Waals surface area (Å²) in [6.45, 7) is 6.27. The van der Waals surface area contributed by atoms with Crippen molar-refractivity contribution in [3.05, 3.63) is 28.8 Å². The van der Waals surface area contributed by atoms with Crippen molar-refractivity contribution >= 4 is 23.2 Å². The van der Waals surface area contributed by atoms with Crippen LogP contribution >= 0.6 is 11.6 Å². The predicted molar refractivity (Wildman–Crippen MR) is 69.0 cm³/mol. The van der Waals surface area contributed by atoms with Gasteiger partial charge in [0.2, 0.25) is 5.91 Å². The Morgan fingerprint density at radius 1 is 1.47 bits per heavy atom. The minimum absolute atomic E-state index is 0.0127. The molecule has 0 aliphatic rings. The Bertz CT molecular complexity index is 469. The Labute approximate surface area is 106 Å². The Morgan fingerprint density at radius 2 is 2.12 bits per heavy atom. The number of nitrogens with one attached hydrogen (secondary N) is 1. The number of nitriles is 1. The first-order valence-corrected chi connectivity index (χ1v) is 5.69. The number of hydrogen-bond donors (Lipinski definition) is 1. The predicted octanol–water partition coefficient (Wildman–Crippen LogP) is 3.49. The van der Waals surface area contributed by atoms with Gasteiger partial charge in [0.25, 0.3) is 0 Å². The third kappa shape index (κ3) is 3.76. The third-order valence-electron chi connectivity index (χ3n) is 2.35. The molecule has 90 valence electrons. The van der Waals surface area contributed by atoms with E-state index in [1.54, 1.807) is 12.1 Å². The van der Waals surface area contributed by atoms with Crippen molar-refractivity contribution in [2.75, 3.05) is 5.32 Å². The van der Waals surface area contributed by atoms with E-state index in [9.17, 15) is 4.79 Å². The molecule has 0 aliphatic heterocycles. The van der Waals surface area contributed by atoms with Crippen LogP contribution in [-0.2, 0) is 10.2 Å². The zero-order chi connectivity index (χ0) is 13.1. The summed E-state index contributed by atoms with van der Waals surface area (Å²) in [5, 5.41) is 11.5. The highest BCUT2D eigenvalue weighted by Crippen LogP contribution is 2.29. The van der Waals surface area contributed by atoms with Gasteiger partial charge in [0, 0.05) is 0 Å². The lowest BCUT2D eigenvalue weighted by Gasteiger charge is -2.20. The van der Waals surface area contributed by atoms with E-state index < -0.39 is 0 Å². The fraction of sp³-hybridized carbons (Fsp3) is 0.385. The van der Waals surface area contributed by atoms with Crippen molar-refractivity contribution in [2.24, 2.45) is 0 Å².